The third kappa shape index (κ3) is 4.06. The van der Waals surface area contributed by atoms with Crippen LogP contribution in [0.15, 0.2) is 29.5 Å². The molecule has 0 spiro atoms. The molecule has 134 valence electrons. The Balaban J connectivity index is 2.44. The highest BCUT2D eigenvalue weighted by atomic mass is 16.6. The van der Waals surface area contributed by atoms with Gasteiger partial charge >= 0.3 is 12.0 Å². The molecule has 2 rings (SSSR count). The number of benzene rings is 1. The molecule has 1 aromatic carbocycles. The molecule has 0 saturated carbocycles. The second-order valence-electron chi connectivity index (χ2n) is 6.05. The van der Waals surface area contributed by atoms with Crippen LogP contribution in [0.5, 0.6) is 5.75 Å². The number of urea groups is 1. The first-order valence-corrected chi connectivity index (χ1v) is 7.61. The molecule has 1 aliphatic rings. The molecule has 2 N–H and O–H groups in total. The van der Waals surface area contributed by atoms with E-state index in [1.54, 1.807) is 0 Å². The van der Waals surface area contributed by atoms with Crippen LogP contribution in [0.3, 0.4) is 0 Å². The van der Waals surface area contributed by atoms with E-state index in [0.717, 1.165) is 12.1 Å². The molecule has 1 aliphatic heterocycles. The quantitative estimate of drug-likeness (QED) is 0.470. The zero-order valence-electron chi connectivity index (χ0n) is 14.0. The fraction of sp³-hybridized carbons (Fsp3) is 0.375. The maximum atomic E-state index is 12.4. The van der Waals surface area contributed by atoms with E-state index in [0.29, 0.717) is 0 Å². The molecular weight excluding hydrogens is 330 g/mol. The fourth-order valence-electron chi connectivity index (χ4n) is 2.39. The number of hydrogen-bond acceptors (Lipinski definition) is 6. The molecule has 9 nitrogen and oxygen atoms in total. The minimum atomic E-state index is -0.951. The van der Waals surface area contributed by atoms with Crippen molar-refractivity contribution in [3.8, 4) is 5.75 Å². The van der Waals surface area contributed by atoms with Gasteiger partial charge in [-0.1, -0.05) is 26.0 Å². The number of esters is 1. The number of rotatable bonds is 5. The Hall–Kier alpha value is -3.10. The van der Waals surface area contributed by atoms with Crippen LogP contribution in [-0.2, 0) is 9.53 Å². The molecule has 1 aromatic rings. The van der Waals surface area contributed by atoms with Crippen molar-refractivity contribution in [2.45, 2.75) is 26.8 Å². The van der Waals surface area contributed by atoms with Crippen LogP contribution in [0.2, 0.25) is 0 Å². The van der Waals surface area contributed by atoms with E-state index in [1.165, 1.54) is 13.0 Å². The minimum Gasteiger partial charge on any atom is -0.868 e. The van der Waals surface area contributed by atoms with Crippen molar-refractivity contribution < 1.29 is 24.4 Å². The van der Waals surface area contributed by atoms with E-state index in [4.69, 9.17) is 4.74 Å². The van der Waals surface area contributed by atoms with Crippen molar-refractivity contribution in [3.05, 3.63) is 45.1 Å². The summed E-state index contributed by atoms with van der Waals surface area (Å²) in [7, 11) is 0. The van der Waals surface area contributed by atoms with Crippen LogP contribution in [-0.4, -0.2) is 23.5 Å². The van der Waals surface area contributed by atoms with Gasteiger partial charge in [-0.15, -0.1) is 0 Å². The predicted molar refractivity (Wildman–Crippen MR) is 85.4 cm³/mol. The minimum absolute atomic E-state index is 0.121. The van der Waals surface area contributed by atoms with Crippen LogP contribution in [0.1, 0.15) is 32.4 Å². The topological polar surface area (TPSA) is 134 Å². The van der Waals surface area contributed by atoms with Gasteiger partial charge in [-0.3, -0.25) is 10.1 Å². The van der Waals surface area contributed by atoms with Gasteiger partial charge in [-0.05, 0) is 24.2 Å². The largest absolute Gasteiger partial charge is 0.868 e. The molecule has 25 heavy (non-hydrogen) atoms. The second kappa shape index (κ2) is 7.20. The molecule has 0 radical (unpaired) electrons. The SMILES string of the molecule is CC1=C(C(=O)OCC(C)C)[C@@H](c2ccc([O-])c([N+](=O)[O-])c2)NC(=O)N1. The number of carbonyl (C=O) groups excluding carboxylic acids is 2. The van der Waals surface area contributed by atoms with E-state index in [1.807, 2.05) is 13.8 Å². The number of hydrogen-bond donors (Lipinski definition) is 2. The zero-order chi connectivity index (χ0) is 18.7. The smallest absolute Gasteiger partial charge is 0.338 e. The summed E-state index contributed by atoms with van der Waals surface area (Å²) in [5, 5.41) is 27.6. The maximum Gasteiger partial charge on any atom is 0.338 e. The summed E-state index contributed by atoms with van der Waals surface area (Å²) in [6.45, 7) is 5.48. The Kier molecular flexibility index (Phi) is 5.26. The van der Waals surface area contributed by atoms with E-state index in [-0.39, 0.29) is 29.4 Å². The first kappa shape index (κ1) is 18.2. The second-order valence-corrected chi connectivity index (χ2v) is 6.05. The van der Waals surface area contributed by atoms with Crippen LogP contribution >= 0.6 is 0 Å². The van der Waals surface area contributed by atoms with E-state index < -0.39 is 34.4 Å². The Morgan fingerprint density at radius 3 is 2.68 bits per heavy atom. The van der Waals surface area contributed by atoms with Crippen LogP contribution < -0.4 is 15.7 Å². The lowest BCUT2D eigenvalue weighted by Gasteiger charge is -2.28. The average molecular weight is 348 g/mol. The number of carbonyl (C=O) groups is 2. The third-order valence-electron chi connectivity index (χ3n) is 3.55. The van der Waals surface area contributed by atoms with Crippen molar-refractivity contribution >= 4 is 17.7 Å². The fourth-order valence-corrected chi connectivity index (χ4v) is 2.39. The normalized spacial score (nSPS) is 17.1. The Bertz CT molecular complexity index is 756. The summed E-state index contributed by atoms with van der Waals surface area (Å²) in [5.41, 5.74) is 0.0411. The Labute approximate surface area is 143 Å². The van der Waals surface area contributed by atoms with Gasteiger partial charge in [-0.2, -0.15) is 0 Å². The molecule has 0 fully saturated rings. The first-order valence-electron chi connectivity index (χ1n) is 7.61. The molecule has 0 unspecified atom stereocenters. The first-order chi connectivity index (χ1) is 11.7. The molecule has 0 bridgehead atoms. The third-order valence-corrected chi connectivity index (χ3v) is 3.55. The van der Waals surface area contributed by atoms with Gasteiger partial charge in [-0.25, -0.2) is 9.59 Å². The van der Waals surface area contributed by atoms with E-state index >= 15 is 0 Å². The number of nitrogens with one attached hydrogen (secondary N) is 2. The van der Waals surface area contributed by atoms with Crippen molar-refractivity contribution in [2.75, 3.05) is 6.61 Å². The van der Waals surface area contributed by atoms with Gasteiger partial charge in [0.1, 0.15) is 0 Å². The number of nitrogens with zero attached hydrogens (tertiary/aromatic N) is 1. The Morgan fingerprint density at radius 2 is 2.08 bits per heavy atom. The van der Waals surface area contributed by atoms with Gasteiger partial charge in [0.05, 0.1) is 23.1 Å². The summed E-state index contributed by atoms with van der Waals surface area (Å²) in [5.74, 6) is -1.27. The maximum absolute atomic E-state index is 12.4. The van der Waals surface area contributed by atoms with Gasteiger partial charge in [0.25, 0.3) is 5.69 Å². The highest BCUT2D eigenvalue weighted by molar-refractivity contribution is 5.95. The monoisotopic (exact) mass is 348 g/mol. The molecule has 9 heteroatoms. The van der Waals surface area contributed by atoms with Crippen LogP contribution in [0, 0.1) is 16.0 Å². The molecule has 2 amide bonds. The van der Waals surface area contributed by atoms with E-state index in [2.05, 4.69) is 10.6 Å². The van der Waals surface area contributed by atoms with Crippen molar-refractivity contribution in [2.24, 2.45) is 5.92 Å². The number of nitro benzene ring substituents is 1. The number of amides is 2. The van der Waals surface area contributed by atoms with Gasteiger partial charge in [0.2, 0.25) is 0 Å². The number of ether oxygens (including phenoxy) is 1. The Morgan fingerprint density at radius 1 is 1.40 bits per heavy atom. The molecular formula is C16H18N3O6-. The van der Waals surface area contributed by atoms with E-state index in [9.17, 15) is 24.8 Å². The van der Waals surface area contributed by atoms with Crippen LogP contribution in [0.25, 0.3) is 0 Å². The molecule has 0 aliphatic carbocycles. The van der Waals surface area contributed by atoms with Gasteiger partial charge in [0, 0.05) is 11.8 Å². The van der Waals surface area contributed by atoms with Crippen molar-refractivity contribution in [1.29, 1.82) is 0 Å². The van der Waals surface area contributed by atoms with Crippen LogP contribution in [0.4, 0.5) is 10.5 Å². The van der Waals surface area contributed by atoms with Crippen molar-refractivity contribution in [3.63, 3.8) is 0 Å². The number of allylic oxidation sites excluding steroid dienone is 1. The molecule has 0 aromatic heterocycles. The zero-order valence-corrected chi connectivity index (χ0v) is 14.0. The van der Waals surface area contributed by atoms with Crippen molar-refractivity contribution in [1.82, 2.24) is 10.6 Å². The highest BCUT2D eigenvalue weighted by Crippen LogP contribution is 2.32. The summed E-state index contributed by atoms with van der Waals surface area (Å²) < 4.78 is 5.22. The lowest BCUT2D eigenvalue weighted by molar-refractivity contribution is -0.398. The van der Waals surface area contributed by atoms with Gasteiger partial charge in [0.15, 0.2) is 0 Å². The summed E-state index contributed by atoms with van der Waals surface area (Å²) >= 11 is 0. The average Bonchev–Trinajstić information content (AvgIpc) is 2.52. The highest BCUT2D eigenvalue weighted by Gasteiger charge is 2.33. The summed E-state index contributed by atoms with van der Waals surface area (Å²) in [6, 6.07) is 1.93. The molecule has 1 atom stereocenters. The summed E-state index contributed by atoms with van der Waals surface area (Å²) in [4.78, 5) is 34.4. The lowest BCUT2D eigenvalue weighted by Crippen LogP contribution is -2.45. The lowest BCUT2D eigenvalue weighted by atomic mass is 9.95. The molecule has 1 heterocycles. The standard InChI is InChI=1S/C16H19N3O6/c1-8(2)7-25-15(21)13-9(3)17-16(22)18-14(13)10-4-5-12(20)11(6-10)19(23)24/h4-6,8,14,20H,7H2,1-3H3,(H2,17,18,22)/p-1/t14-/m1/s1. The number of nitro groups is 1. The summed E-state index contributed by atoms with van der Waals surface area (Å²) in [6.07, 6.45) is 0. The predicted octanol–water partition coefficient (Wildman–Crippen LogP) is 1.50. The van der Waals surface area contributed by atoms with Gasteiger partial charge < -0.3 is 20.5 Å². The molecule has 0 saturated heterocycles.